The Kier molecular flexibility index (Phi) is 6.53. The first kappa shape index (κ1) is 28.4. The predicted octanol–water partition coefficient (Wildman–Crippen LogP) is 12.9. The van der Waals surface area contributed by atoms with Crippen LogP contribution in [-0.2, 0) is 0 Å². The van der Waals surface area contributed by atoms with Gasteiger partial charge in [-0.3, -0.25) is 0 Å². The molecule has 0 N–H and O–H groups in total. The quantitative estimate of drug-likeness (QED) is 0.178. The largest absolute Gasteiger partial charge is 0.309 e. The summed E-state index contributed by atoms with van der Waals surface area (Å²) in [7, 11) is 0. The standard InChI is InChI=1S/C48H32N2/c1-4-15-33(16-5-1)38-30-28-37(32-44(38)34-17-6-2-7-18-34)50-46-26-13-11-22-41(46)43-24-14-23-39(48(43)50)35-27-29-42-40-21-10-12-25-45(40)49(47(42)31-35)36-19-8-3-9-20-36/h1-32H. The van der Waals surface area contributed by atoms with Crippen LogP contribution in [0, 0.1) is 0 Å². The highest BCUT2D eigenvalue weighted by Gasteiger charge is 2.19. The average molecular weight is 637 g/mol. The van der Waals surface area contributed by atoms with Crippen LogP contribution >= 0.6 is 0 Å². The number of hydrogen-bond donors (Lipinski definition) is 0. The molecular formula is C48H32N2. The monoisotopic (exact) mass is 636 g/mol. The molecule has 0 radical (unpaired) electrons. The van der Waals surface area contributed by atoms with Gasteiger partial charge in [0.25, 0.3) is 0 Å². The molecule has 0 amide bonds. The predicted molar refractivity (Wildman–Crippen MR) is 211 cm³/mol. The highest BCUT2D eigenvalue weighted by molar-refractivity contribution is 6.15. The summed E-state index contributed by atoms with van der Waals surface area (Å²) in [5, 5.41) is 5.01. The molecule has 2 aromatic heterocycles. The molecule has 0 atom stereocenters. The maximum Gasteiger partial charge on any atom is 0.0619 e. The topological polar surface area (TPSA) is 9.86 Å². The van der Waals surface area contributed by atoms with E-state index in [0.717, 1.165) is 11.4 Å². The van der Waals surface area contributed by atoms with E-state index < -0.39 is 0 Å². The third-order valence-corrected chi connectivity index (χ3v) is 10.1. The number of aromatic nitrogens is 2. The Bertz CT molecular complexity index is 2840. The van der Waals surface area contributed by atoms with Gasteiger partial charge in [0.2, 0.25) is 0 Å². The first-order valence-electron chi connectivity index (χ1n) is 17.2. The molecule has 8 aromatic carbocycles. The Balaban J connectivity index is 1.26. The van der Waals surface area contributed by atoms with Gasteiger partial charge in [0.15, 0.2) is 0 Å². The summed E-state index contributed by atoms with van der Waals surface area (Å²) in [6.07, 6.45) is 0. The average Bonchev–Trinajstić information content (AvgIpc) is 3.71. The number of hydrogen-bond acceptors (Lipinski definition) is 0. The van der Waals surface area contributed by atoms with Crippen molar-refractivity contribution < 1.29 is 0 Å². The SMILES string of the molecule is c1ccc(-c2ccc(-n3c4ccccc4c4cccc(-c5ccc6c7ccccc7n(-c7ccccc7)c6c5)c43)cc2-c2ccccc2)cc1. The lowest BCUT2D eigenvalue weighted by atomic mass is 9.94. The second kappa shape index (κ2) is 11.5. The van der Waals surface area contributed by atoms with Crippen LogP contribution in [0.15, 0.2) is 194 Å². The summed E-state index contributed by atoms with van der Waals surface area (Å²) in [6.45, 7) is 0. The van der Waals surface area contributed by atoms with Crippen LogP contribution in [0.5, 0.6) is 0 Å². The fourth-order valence-electron chi connectivity index (χ4n) is 7.91. The van der Waals surface area contributed by atoms with Gasteiger partial charge in [-0.15, -0.1) is 0 Å². The lowest BCUT2D eigenvalue weighted by Crippen LogP contribution is -1.98. The fraction of sp³-hybridized carbons (Fsp3) is 0. The van der Waals surface area contributed by atoms with E-state index in [0.29, 0.717) is 0 Å². The van der Waals surface area contributed by atoms with E-state index in [2.05, 4.69) is 203 Å². The molecule has 0 saturated heterocycles. The van der Waals surface area contributed by atoms with Crippen LogP contribution in [0.4, 0.5) is 0 Å². The minimum Gasteiger partial charge on any atom is -0.309 e. The minimum absolute atomic E-state index is 1.14. The summed E-state index contributed by atoms with van der Waals surface area (Å²) in [5.41, 5.74) is 14.4. The number of para-hydroxylation sites is 4. The van der Waals surface area contributed by atoms with Crippen LogP contribution in [0.25, 0.3) is 88.4 Å². The molecule has 0 bridgehead atoms. The van der Waals surface area contributed by atoms with Crippen molar-refractivity contribution in [3.63, 3.8) is 0 Å². The molecule has 234 valence electrons. The molecule has 10 aromatic rings. The van der Waals surface area contributed by atoms with Gasteiger partial charge in [-0.2, -0.15) is 0 Å². The molecular weight excluding hydrogens is 605 g/mol. The van der Waals surface area contributed by atoms with Crippen LogP contribution in [0.2, 0.25) is 0 Å². The Hall–Kier alpha value is -6.64. The highest BCUT2D eigenvalue weighted by Crippen LogP contribution is 2.42. The second-order valence-corrected chi connectivity index (χ2v) is 12.9. The number of fused-ring (bicyclic) bond motifs is 6. The molecule has 50 heavy (non-hydrogen) atoms. The third-order valence-electron chi connectivity index (χ3n) is 10.1. The lowest BCUT2D eigenvalue weighted by molar-refractivity contribution is 1.18. The van der Waals surface area contributed by atoms with E-state index in [1.54, 1.807) is 0 Å². The third kappa shape index (κ3) is 4.43. The molecule has 0 aliphatic rings. The van der Waals surface area contributed by atoms with Gasteiger partial charge in [0.05, 0.1) is 22.1 Å². The van der Waals surface area contributed by atoms with Gasteiger partial charge in [0.1, 0.15) is 0 Å². The molecule has 0 unspecified atom stereocenters. The molecule has 10 rings (SSSR count). The Morgan fingerprint density at radius 2 is 0.820 bits per heavy atom. The summed E-state index contributed by atoms with van der Waals surface area (Å²) in [6, 6.07) is 70.4. The zero-order valence-corrected chi connectivity index (χ0v) is 27.4. The maximum absolute atomic E-state index is 2.47. The maximum atomic E-state index is 2.47. The first-order valence-corrected chi connectivity index (χ1v) is 17.2. The van der Waals surface area contributed by atoms with Crippen molar-refractivity contribution in [3.8, 4) is 44.8 Å². The molecule has 0 spiro atoms. The molecule has 0 fully saturated rings. The van der Waals surface area contributed by atoms with Crippen LogP contribution < -0.4 is 0 Å². The lowest BCUT2D eigenvalue weighted by Gasteiger charge is -2.16. The van der Waals surface area contributed by atoms with Gasteiger partial charge in [-0.1, -0.05) is 152 Å². The Morgan fingerprint density at radius 1 is 0.260 bits per heavy atom. The van der Waals surface area contributed by atoms with E-state index in [9.17, 15) is 0 Å². The number of rotatable bonds is 5. The summed E-state index contributed by atoms with van der Waals surface area (Å²) in [5.74, 6) is 0. The van der Waals surface area contributed by atoms with Gasteiger partial charge >= 0.3 is 0 Å². The van der Waals surface area contributed by atoms with Gasteiger partial charge < -0.3 is 9.13 Å². The van der Waals surface area contributed by atoms with Crippen molar-refractivity contribution in [3.05, 3.63) is 194 Å². The van der Waals surface area contributed by atoms with E-state index >= 15 is 0 Å². The zero-order valence-electron chi connectivity index (χ0n) is 27.4. The Morgan fingerprint density at radius 3 is 1.54 bits per heavy atom. The van der Waals surface area contributed by atoms with Gasteiger partial charge in [0, 0.05) is 38.5 Å². The first-order chi connectivity index (χ1) is 24.8. The fourth-order valence-corrected chi connectivity index (χ4v) is 7.91. The van der Waals surface area contributed by atoms with Gasteiger partial charge in [-0.05, 0) is 70.3 Å². The zero-order chi connectivity index (χ0) is 33.0. The van der Waals surface area contributed by atoms with Crippen LogP contribution in [0.1, 0.15) is 0 Å². The summed E-state index contributed by atoms with van der Waals surface area (Å²) in [4.78, 5) is 0. The van der Waals surface area contributed by atoms with E-state index in [1.807, 2.05) is 0 Å². The van der Waals surface area contributed by atoms with Crippen molar-refractivity contribution in [2.45, 2.75) is 0 Å². The summed E-state index contributed by atoms with van der Waals surface area (Å²) < 4.78 is 4.87. The normalized spacial score (nSPS) is 11.6. The van der Waals surface area contributed by atoms with Gasteiger partial charge in [-0.25, -0.2) is 0 Å². The van der Waals surface area contributed by atoms with E-state index in [4.69, 9.17) is 0 Å². The minimum atomic E-state index is 1.14. The molecule has 2 heterocycles. The molecule has 0 saturated carbocycles. The second-order valence-electron chi connectivity index (χ2n) is 12.9. The number of benzene rings is 8. The van der Waals surface area contributed by atoms with E-state index in [-0.39, 0.29) is 0 Å². The van der Waals surface area contributed by atoms with Crippen molar-refractivity contribution in [2.24, 2.45) is 0 Å². The van der Waals surface area contributed by atoms with Crippen molar-refractivity contribution >= 4 is 43.6 Å². The molecule has 2 heteroatoms. The summed E-state index contributed by atoms with van der Waals surface area (Å²) >= 11 is 0. The number of nitrogens with zero attached hydrogens (tertiary/aromatic N) is 2. The highest BCUT2D eigenvalue weighted by atomic mass is 15.0. The van der Waals surface area contributed by atoms with Crippen molar-refractivity contribution in [2.75, 3.05) is 0 Å². The van der Waals surface area contributed by atoms with Crippen molar-refractivity contribution in [1.29, 1.82) is 0 Å². The molecule has 0 aliphatic carbocycles. The molecule has 0 aliphatic heterocycles. The molecule has 2 nitrogen and oxygen atoms in total. The van der Waals surface area contributed by atoms with E-state index in [1.165, 1.54) is 77.0 Å². The van der Waals surface area contributed by atoms with Crippen LogP contribution in [-0.4, -0.2) is 9.13 Å². The Labute approximate surface area is 290 Å². The smallest absolute Gasteiger partial charge is 0.0619 e. The van der Waals surface area contributed by atoms with Crippen LogP contribution in [0.3, 0.4) is 0 Å². The van der Waals surface area contributed by atoms with Crippen molar-refractivity contribution in [1.82, 2.24) is 9.13 Å².